The van der Waals surface area contributed by atoms with Crippen LogP contribution in [0.3, 0.4) is 0 Å². The van der Waals surface area contributed by atoms with E-state index >= 15 is 0 Å². The molecule has 5 heteroatoms. The van der Waals surface area contributed by atoms with Crippen LogP contribution in [0.25, 0.3) is 0 Å². The fraction of sp³-hybridized carbons (Fsp3) is 0.588. The summed E-state index contributed by atoms with van der Waals surface area (Å²) in [7, 11) is 2.15. The van der Waals surface area contributed by atoms with Gasteiger partial charge < -0.3 is 15.5 Å². The molecule has 0 atom stereocenters. The molecule has 0 unspecified atom stereocenters. The van der Waals surface area contributed by atoms with Crippen LogP contribution in [0.5, 0.6) is 0 Å². The van der Waals surface area contributed by atoms with Crippen LogP contribution in [0.1, 0.15) is 19.4 Å². The van der Waals surface area contributed by atoms with E-state index < -0.39 is 0 Å². The van der Waals surface area contributed by atoms with Crippen molar-refractivity contribution in [1.29, 1.82) is 0 Å². The SMILES string of the molecule is CN1CCN(C(C)(C)CNC(=O)NCc2ccccc2)CC1. The molecule has 122 valence electrons. The van der Waals surface area contributed by atoms with Gasteiger partial charge in [-0.2, -0.15) is 0 Å². The molecule has 2 rings (SSSR count). The monoisotopic (exact) mass is 304 g/mol. The highest BCUT2D eigenvalue weighted by molar-refractivity contribution is 5.73. The van der Waals surface area contributed by atoms with Crippen LogP contribution in [0.15, 0.2) is 30.3 Å². The topological polar surface area (TPSA) is 47.6 Å². The van der Waals surface area contributed by atoms with E-state index in [-0.39, 0.29) is 11.6 Å². The summed E-state index contributed by atoms with van der Waals surface area (Å²) in [6.45, 7) is 9.87. The third kappa shape index (κ3) is 5.00. The van der Waals surface area contributed by atoms with Crippen molar-refractivity contribution in [3.05, 3.63) is 35.9 Å². The summed E-state index contributed by atoms with van der Waals surface area (Å²) in [5, 5.41) is 5.90. The second kappa shape index (κ2) is 7.61. The zero-order valence-electron chi connectivity index (χ0n) is 13.9. The number of carbonyl (C=O) groups is 1. The average molecular weight is 304 g/mol. The molecule has 0 radical (unpaired) electrons. The normalized spacial score (nSPS) is 17.2. The maximum Gasteiger partial charge on any atom is 0.315 e. The molecular formula is C17H28N4O. The highest BCUT2D eigenvalue weighted by Crippen LogP contribution is 2.15. The molecule has 5 nitrogen and oxygen atoms in total. The summed E-state index contributed by atoms with van der Waals surface area (Å²) in [4.78, 5) is 16.7. The first-order valence-electron chi connectivity index (χ1n) is 7.96. The highest BCUT2D eigenvalue weighted by atomic mass is 16.2. The van der Waals surface area contributed by atoms with Gasteiger partial charge in [-0.15, -0.1) is 0 Å². The minimum absolute atomic E-state index is 0.0225. The Kier molecular flexibility index (Phi) is 5.80. The minimum Gasteiger partial charge on any atom is -0.336 e. The van der Waals surface area contributed by atoms with Gasteiger partial charge in [0.1, 0.15) is 0 Å². The summed E-state index contributed by atoms with van der Waals surface area (Å²) in [5.74, 6) is 0. The van der Waals surface area contributed by atoms with E-state index in [0.717, 1.165) is 31.7 Å². The summed E-state index contributed by atoms with van der Waals surface area (Å²) in [6, 6.07) is 9.84. The van der Waals surface area contributed by atoms with E-state index in [0.29, 0.717) is 13.1 Å². The molecule has 1 heterocycles. The van der Waals surface area contributed by atoms with Gasteiger partial charge >= 0.3 is 6.03 Å². The van der Waals surface area contributed by atoms with Gasteiger partial charge in [-0.25, -0.2) is 4.79 Å². The van der Waals surface area contributed by atoms with Gasteiger partial charge in [-0.3, -0.25) is 4.90 Å². The smallest absolute Gasteiger partial charge is 0.315 e. The van der Waals surface area contributed by atoms with Crippen molar-refractivity contribution in [3.63, 3.8) is 0 Å². The Balaban J connectivity index is 1.72. The first-order chi connectivity index (χ1) is 10.5. The largest absolute Gasteiger partial charge is 0.336 e. The average Bonchev–Trinajstić information content (AvgIpc) is 2.52. The molecule has 22 heavy (non-hydrogen) atoms. The van der Waals surface area contributed by atoms with Crippen LogP contribution in [0.4, 0.5) is 4.79 Å². The number of nitrogens with one attached hydrogen (secondary N) is 2. The first kappa shape index (κ1) is 16.8. The number of nitrogens with zero attached hydrogens (tertiary/aromatic N) is 2. The molecule has 1 aromatic rings. The Morgan fingerprint density at radius 3 is 2.36 bits per heavy atom. The summed E-state index contributed by atoms with van der Waals surface area (Å²) < 4.78 is 0. The molecule has 0 saturated carbocycles. The maximum absolute atomic E-state index is 11.9. The summed E-state index contributed by atoms with van der Waals surface area (Å²) >= 11 is 0. The van der Waals surface area contributed by atoms with Crippen LogP contribution in [0, 0.1) is 0 Å². The predicted octanol–water partition coefficient (Wildman–Crippen LogP) is 1.51. The van der Waals surface area contributed by atoms with E-state index in [2.05, 4.69) is 41.3 Å². The zero-order chi connectivity index (χ0) is 16.0. The molecule has 0 aliphatic carbocycles. The molecular weight excluding hydrogens is 276 g/mol. The van der Waals surface area contributed by atoms with Crippen molar-refractivity contribution in [2.75, 3.05) is 39.8 Å². The Hall–Kier alpha value is -1.59. The van der Waals surface area contributed by atoms with E-state index in [9.17, 15) is 4.79 Å². The third-order valence-corrected chi connectivity index (χ3v) is 4.34. The van der Waals surface area contributed by atoms with E-state index in [4.69, 9.17) is 0 Å². The highest BCUT2D eigenvalue weighted by Gasteiger charge is 2.29. The number of piperazine rings is 1. The number of hydrogen-bond donors (Lipinski definition) is 2. The van der Waals surface area contributed by atoms with E-state index in [1.54, 1.807) is 0 Å². The fourth-order valence-corrected chi connectivity index (χ4v) is 2.66. The number of urea groups is 1. The Labute approximate surface area is 133 Å². The van der Waals surface area contributed by atoms with Gasteiger partial charge in [0.15, 0.2) is 0 Å². The van der Waals surface area contributed by atoms with E-state index in [1.807, 2.05) is 30.3 Å². The van der Waals surface area contributed by atoms with Gasteiger partial charge in [-0.1, -0.05) is 30.3 Å². The Bertz CT molecular complexity index is 467. The number of hydrogen-bond acceptors (Lipinski definition) is 3. The molecule has 1 saturated heterocycles. The van der Waals surface area contributed by atoms with Crippen molar-refractivity contribution in [1.82, 2.24) is 20.4 Å². The van der Waals surface area contributed by atoms with E-state index in [1.165, 1.54) is 0 Å². The van der Waals surface area contributed by atoms with Gasteiger partial charge in [0.05, 0.1) is 0 Å². The lowest BCUT2D eigenvalue weighted by atomic mass is 10.0. The van der Waals surface area contributed by atoms with Crippen molar-refractivity contribution in [3.8, 4) is 0 Å². The lowest BCUT2D eigenvalue weighted by molar-refractivity contribution is 0.0633. The molecule has 1 aliphatic heterocycles. The third-order valence-electron chi connectivity index (χ3n) is 4.34. The lowest BCUT2D eigenvalue weighted by Crippen LogP contribution is -2.58. The summed E-state index contributed by atoms with van der Waals surface area (Å²) in [5.41, 5.74) is 1.08. The number of benzene rings is 1. The molecule has 2 N–H and O–H groups in total. The second-order valence-electron chi connectivity index (χ2n) is 6.62. The lowest BCUT2D eigenvalue weighted by Gasteiger charge is -2.43. The van der Waals surface area contributed by atoms with Crippen molar-refractivity contribution in [2.45, 2.75) is 25.9 Å². The number of amides is 2. The standard InChI is InChI=1S/C17H28N4O/c1-17(2,21-11-9-20(3)10-12-21)14-19-16(22)18-13-15-7-5-4-6-8-15/h4-8H,9-14H2,1-3H3,(H2,18,19,22). The van der Waals surface area contributed by atoms with Crippen LogP contribution < -0.4 is 10.6 Å². The first-order valence-corrected chi connectivity index (χ1v) is 7.96. The van der Waals surface area contributed by atoms with Crippen molar-refractivity contribution < 1.29 is 4.79 Å². The molecule has 0 aromatic heterocycles. The molecule has 1 fully saturated rings. The number of likely N-dealkylation sites (N-methyl/N-ethyl adjacent to an activating group) is 1. The second-order valence-corrected chi connectivity index (χ2v) is 6.62. The van der Waals surface area contributed by atoms with Crippen LogP contribution in [0.2, 0.25) is 0 Å². The molecule has 1 aliphatic rings. The predicted molar refractivity (Wildman–Crippen MR) is 89.8 cm³/mol. The van der Waals surface area contributed by atoms with Crippen LogP contribution in [-0.4, -0.2) is 61.1 Å². The maximum atomic E-state index is 11.9. The van der Waals surface area contributed by atoms with Crippen molar-refractivity contribution >= 4 is 6.03 Å². The fourth-order valence-electron chi connectivity index (χ4n) is 2.66. The van der Waals surface area contributed by atoms with Gasteiger partial charge in [0, 0.05) is 44.8 Å². The van der Waals surface area contributed by atoms with Crippen molar-refractivity contribution in [2.24, 2.45) is 0 Å². The van der Waals surface area contributed by atoms with Gasteiger partial charge in [-0.05, 0) is 26.5 Å². The Morgan fingerprint density at radius 2 is 1.73 bits per heavy atom. The van der Waals surface area contributed by atoms with Gasteiger partial charge in [0.2, 0.25) is 0 Å². The minimum atomic E-state index is -0.106. The molecule has 2 amide bonds. The van der Waals surface area contributed by atoms with Crippen LogP contribution in [-0.2, 0) is 6.54 Å². The molecule has 1 aromatic carbocycles. The van der Waals surface area contributed by atoms with Gasteiger partial charge in [0.25, 0.3) is 0 Å². The summed E-state index contributed by atoms with van der Waals surface area (Å²) in [6.07, 6.45) is 0. The zero-order valence-corrected chi connectivity index (χ0v) is 13.9. The quantitative estimate of drug-likeness (QED) is 0.867. The molecule has 0 bridgehead atoms. The van der Waals surface area contributed by atoms with Crippen LogP contribution >= 0.6 is 0 Å². The number of rotatable bonds is 5. The number of carbonyl (C=O) groups excluding carboxylic acids is 1. The Morgan fingerprint density at radius 1 is 1.09 bits per heavy atom. The molecule has 0 spiro atoms.